The largest absolute Gasteiger partial charge is 0.357 e. The first-order chi connectivity index (χ1) is 8.74. The highest BCUT2D eigenvalue weighted by atomic mass is 32.1. The Labute approximate surface area is 109 Å². The Hall–Kier alpha value is -1.88. The monoisotopic (exact) mass is 257 g/mol. The molecule has 1 amide bonds. The lowest BCUT2D eigenvalue weighted by molar-refractivity contribution is -0.121. The number of carbonyl (C=O) groups is 1. The van der Waals surface area contributed by atoms with E-state index in [0.29, 0.717) is 11.7 Å². The number of rotatable bonds is 0. The zero-order chi connectivity index (χ0) is 12.3. The van der Waals surface area contributed by atoms with Gasteiger partial charge in [-0.05, 0) is 23.8 Å². The van der Waals surface area contributed by atoms with Gasteiger partial charge in [-0.3, -0.25) is 4.79 Å². The Morgan fingerprint density at radius 2 is 2.17 bits per heavy atom. The van der Waals surface area contributed by atoms with E-state index >= 15 is 0 Å². The lowest BCUT2D eigenvalue weighted by Crippen LogP contribution is -2.39. The summed E-state index contributed by atoms with van der Waals surface area (Å²) in [5.74, 6) is 0.0240. The van der Waals surface area contributed by atoms with Gasteiger partial charge in [0.1, 0.15) is 6.04 Å². The molecular formula is C13H11N3OS. The highest BCUT2D eigenvalue weighted by Gasteiger charge is 2.40. The maximum Gasteiger partial charge on any atom is 0.249 e. The van der Waals surface area contributed by atoms with E-state index in [1.165, 1.54) is 16.6 Å². The average Bonchev–Trinajstić information content (AvgIpc) is 2.86. The van der Waals surface area contributed by atoms with E-state index in [2.05, 4.69) is 22.4 Å². The molecule has 90 valence electrons. The first kappa shape index (κ1) is 10.1. The SMILES string of the molecule is O=C1NC(=S)N2Cc3[nH]c4ccccc4c3CC12. The highest BCUT2D eigenvalue weighted by molar-refractivity contribution is 7.80. The van der Waals surface area contributed by atoms with Crippen molar-refractivity contribution in [2.45, 2.75) is 19.0 Å². The lowest BCUT2D eigenvalue weighted by atomic mass is 9.97. The molecular weight excluding hydrogens is 246 g/mol. The summed E-state index contributed by atoms with van der Waals surface area (Å²) >= 11 is 5.18. The molecule has 0 aliphatic carbocycles. The van der Waals surface area contributed by atoms with Crippen molar-refractivity contribution in [3.05, 3.63) is 35.5 Å². The third-order valence-electron chi connectivity index (χ3n) is 3.80. The minimum atomic E-state index is -0.135. The van der Waals surface area contributed by atoms with Crippen LogP contribution in [0.25, 0.3) is 10.9 Å². The second kappa shape index (κ2) is 3.32. The van der Waals surface area contributed by atoms with Crippen LogP contribution in [0.1, 0.15) is 11.3 Å². The lowest BCUT2D eigenvalue weighted by Gasteiger charge is -2.28. The van der Waals surface area contributed by atoms with Crippen LogP contribution in [0, 0.1) is 0 Å². The van der Waals surface area contributed by atoms with Crippen LogP contribution in [-0.2, 0) is 17.8 Å². The van der Waals surface area contributed by atoms with Crippen molar-refractivity contribution in [2.75, 3.05) is 0 Å². The Kier molecular flexibility index (Phi) is 1.86. The minimum absolute atomic E-state index is 0.0240. The Morgan fingerprint density at radius 1 is 1.33 bits per heavy atom. The predicted molar refractivity (Wildman–Crippen MR) is 72.1 cm³/mol. The van der Waals surface area contributed by atoms with Gasteiger partial charge in [0.2, 0.25) is 5.91 Å². The molecule has 1 atom stereocenters. The van der Waals surface area contributed by atoms with E-state index in [4.69, 9.17) is 12.2 Å². The van der Waals surface area contributed by atoms with E-state index in [1.807, 2.05) is 17.0 Å². The number of para-hydroxylation sites is 1. The molecule has 1 aromatic carbocycles. The summed E-state index contributed by atoms with van der Waals surface area (Å²) in [7, 11) is 0. The van der Waals surface area contributed by atoms with Gasteiger partial charge in [0.25, 0.3) is 0 Å². The summed E-state index contributed by atoms with van der Waals surface area (Å²) in [5, 5.41) is 4.51. The maximum atomic E-state index is 11.8. The smallest absolute Gasteiger partial charge is 0.249 e. The molecule has 1 unspecified atom stereocenters. The summed E-state index contributed by atoms with van der Waals surface area (Å²) in [6.45, 7) is 0.687. The van der Waals surface area contributed by atoms with Crippen LogP contribution in [0.4, 0.5) is 0 Å². The predicted octanol–water partition coefficient (Wildman–Crippen LogP) is 1.31. The van der Waals surface area contributed by atoms with Crippen LogP contribution in [0.5, 0.6) is 0 Å². The summed E-state index contributed by atoms with van der Waals surface area (Å²) in [6.07, 6.45) is 0.728. The van der Waals surface area contributed by atoms with Crippen molar-refractivity contribution in [3.8, 4) is 0 Å². The molecule has 2 aliphatic rings. The van der Waals surface area contributed by atoms with Gasteiger partial charge in [0.15, 0.2) is 5.11 Å². The van der Waals surface area contributed by atoms with E-state index in [0.717, 1.165) is 11.9 Å². The van der Waals surface area contributed by atoms with Crippen LogP contribution >= 0.6 is 12.2 Å². The van der Waals surface area contributed by atoms with Gasteiger partial charge in [-0.15, -0.1) is 0 Å². The number of hydrogen-bond acceptors (Lipinski definition) is 2. The second-order valence-corrected chi connectivity index (χ2v) is 5.16. The quantitative estimate of drug-likeness (QED) is 0.700. The third-order valence-corrected chi connectivity index (χ3v) is 4.13. The molecule has 5 heteroatoms. The van der Waals surface area contributed by atoms with Crippen molar-refractivity contribution in [1.82, 2.24) is 15.2 Å². The summed E-state index contributed by atoms with van der Waals surface area (Å²) in [5.41, 5.74) is 3.56. The molecule has 4 rings (SSSR count). The molecule has 1 saturated heterocycles. The van der Waals surface area contributed by atoms with E-state index < -0.39 is 0 Å². The molecule has 0 radical (unpaired) electrons. The van der Waals surface area contributed by atoms with Crippen LogP contribution in [0.3, 0.4) is 0 Å². The molecule has 0 saturated carbocycles. The van der Waals surface area contributed by atoms with Gasteiger partial charge >= 0.3 is 0 Å². The number of nitrogens with one attached hydrogen (secondary N) is 2. The van der Waals surface area contributed by atoms with Crippen LogP contribution < -0.4 is 5.32 Å². The van der Waals surface area contributed by atoms with Crippen molar-refractivity contribution >= 4 is 34.1 Å². The first-order valence-corrected chi connectivity index (χ1v) is 6.35. The number of hydrogen-bond donors (Lipinski definition) is 2. The van der Waals surface area contributed by atoms with Crippen LogP contribution in [-0.4, -0.2) is 26.9 Å². The zero-order valence-electron chi connectivity index (χ0n) is 9.56. The first-order valence-electron chi connectivity index (χ1n) is 5.94. The fourth-order valence-corrected chi connectivity index (χ4v) is 3.21. The molecule has 1 fully saturated rings. The van der Waals surface area contributed by atoms with Gasteiger partial charge in [0, 0.05) is 23.0 Å². The number of aromatic amines is 1. The Morgan fingerprint density at radius 3 is 3.06 bits per heavy atom. The van der Waals surface area contributed by atoms with Gasteiger partial charge in [0.05, 0.1) is 6.54 Å². The molecule has 18 heavy (non-hydrogen) atoms. The molecule has 4 nitrogen and oxygen atoms in total. The van der Waals surface area contributed by atoms with Gasteiger partial charge in [-0.1, -0.05) is 18.2 Å². The number of nitrogens with zero attached hydrogens (tertiary/aromatic N) is 1. The number of benzene rings is 1. The van der Waals surface area contributed by atoms with E-state index in [1.54, 1.807) is 0 Å². The molecule has 2 aliphatic heterocycles. The Bertz CT molecular complexity index is 691. The van der Waals surface area contributed by atoms with E-state index in [-0.39, 0.29) is 11.9 Å². The van der Waals surface area contributed by atoms with Gasteiger partial charge < -0.3 is 15.2 Å². The topological polar surface area (TPSA) is 48.1 Å². The summed E-state index contributed by atoms with van der Waals surface area (Å²) in [4.78, 5) is 17.2. The third kappa shape index (κ3) is 1.19. The number of aromatic nitrogens is 1. The van der Waals surface area contributed by atoms with Crippen molar-refractivity contribution in [3.63, 3.8) is 0 Å². The van der Waals surface area contributed by atoms with E-state index in [9.17, 15) is 4.79 Å². The van der Waals surface area contributed by atoms with Gasteiger partial charge in [-0.2, -0.15) is 0 Å². The van der Waals surface area contributed by atoms with Crippen molar-refractivity contribution < 1.29 is 4.79 Å². The molecule has 0 bridgehead atoms. The van der Waals surface area contributed by atoms with Crippen LogP contribution in [0.15, 0.2) is 24.3 Å². The summed E-state index contributed by atoms with van der Waals surface area (Å²) in [6, 6.07) is 8.08. The highest BCUT2D eigenvalue weighted by Crippen LogP contribution is 2.31. The second-order valence-electron chi connectivity index (χ2n) is 4.77. The normalized spacial score (nSPS) is 22.0. The van der Waals surface area contributed by atoms with Gasteiger partial charge in [-0.25, -0.2) is 0 Å². The summed E-state index contributed by atoms with van der Waals surface area (Å²) < 4.78 is 0. The minimum Gasteiger partial charge on any atom is -0.357 e. The molecule has 3 heterocycles. The maximum absolute atomic E-state index is 11.8. The standard InChI is InChI=1S/C13H11N3OS/c17-12-11-5-8-7-3-1-2-4-9(7)14-10(8)6-16(11)13(18)15-12/h1-4,11,14H,5-6H2,(H,15,17,18). The number of H-pyrrole nitrogens is 1. The number of thiocarbonyl (C=S) groups is 1. The number of fused-ring (bicyclic) bond motifs is 4. The average molecular weight is 257 g/mol. The molecule has 0 spiro atoms. The zero-order valence-corrected chi connectivity index (χ0v) is 10.4. The fourth-order valence-electron chi connectivity index (χ4n) is 2.92. The molecule has 2 N–H and O–H groups in total. The molecule has 1 aromatic heterocycles. The Balaban J connectivity index is 1.89. The van der Waals surface area contributed by atoms with Crippen molar-refractivity contribution in [1.29, 1.82) is 0 Å². The fraction of sp³-hybridized carbons (Fsp3) is 0.231. The van der Waals surface area contributed by atoms with Crippen LogP contribution in [0.2, 0.25) is 0 Å². The number of carbonyl (C=O) groups excluding carboxylic acids is 1. The molecule has 2 aromatic rings. The number of amides is 1. The van der Waals surface area contributed by atoms with Crippen molar-refractivity contribution in [2.24, 2.45) is 0 Å².